The first-order valence-corrected chi connectivity index (χ1v) is 7.72. The summed E-state index contributed by atoms with van der Waals surface area (Å²) in [6.45, 7) is 1.59. The number of hydrogen-bond acceptors (Lipinski definition) is 3. The molecule has 2 amide bonds. The SMILES string of the molecule is C[C@@H](NC(=O)Oc1ccccc1)C(=O)Nc1ccc(I)cc1. The van der Waals surface area contributed by atoms with Crippen molar-refractivity contribution in [2.24, 2.45) is 0 Å². The van der Waals surface area contributed by atoms with Crippen molar-refractivity contribution in [2.75, 3.05) is 5.32 Å². The summed E-state index contributed by atoms with van der Waals surface area (Å²) in [6.07, 6.45) is -0.670. The van der Waals surface area contributed by atoms with Crippen molar-refractivity contribution in [3.05, 3.63) is 58.2 Å². The maximum atomic E-state index is 12.0. The van der Waals surface area contributed by atoms with Crippen LogP contribution in [0.2, 0.25) is 0 Å². The van der Waals surface area contributed by atoms with Crippen LogP contribution in [-0.4, -0.2) is 18.0 Å². The van der Waals surface area contributed by atoms with Crippen molar-refractivity contribution >= 4 is 40.3 Å². The minimum atomic E-state index is -0.713. The van der Waals surface area contributed by atoms with Crippen molar-refractivity contribution in [1.82, 2.24) is 5.32 Å². The van der Waals surface area contributed by atoms with Gasteiger partial charge in [-0.2, -0.15) is 0 Å². The van der Waals surface area contributed by atoms with Gasteiger partial charge in [-0.25, -0.2) is 4.79 Å². The number of carbonyl (C=O) groups is 2. The van der Waals surface area contributed by atoms with Crippen LogP contribution in [0.3, 0.4) is 0 Å². The molecule has 0 aliphatic rings. The van der Waals surface area contributed by atoms with Crippen molar-refractivity contribution in [1.29, 1.82) is 0 Å². The van der Waals surface area contributed by atoms with Gasteiger partial charge in [0.1, 0.15) is 11.8 Å². The number of ether oxygens (including phenoxy) is 1. The predicted octanol–water partition coefficient (Wildman–Crippen LogP) is 3.41. The summed E-state index contributed by atoms with van der Waals surface area (Å²) < 4.78 is 6.15. The Morgan fingerprint density at radius 3 is 2.32 bits per heavy atom. The zero-order chi connectivity index (χ0) is 15.9. The molecule has 0 fully saturated rings. The molecule has 114 valence electrons. The molecule has 0 aromatic heterocycles. The molecule has 2 aromatic carbocycles. The molecule has 0 saturated heterocycles. The Balaban J connectivity index is 1.85. The Morgan fingerprint density at radius 1 is 1.05 bits per heavy atom. The van der Waals surface area contributed by atoms with Gasteiger partial charge < -0.3 is 15.4 Å². The molecule has 22 heavy (non-hydrogen) atoms. The molecular weight excluding hydrogens is 395 g/mol. The second-order valence-corrected chi connectivity index (χ2v) is 5.81. The number of carbonyl (C=O) groups excluding carboxylic acids is 2. The van der Waals surface area contributed by atoms with Crippen LogP contribution in [0, 0.1) is 3.57 Å². The molecule has 0 aliphatic heterocycles. The number of nitrogens with one attached hydrogen (secondary N) is 2. The normalized spacial score (nSPS) is 11.4. The van der Waals surface area contributed by atoms with E-state index in [-0.39, 0.29) is 5.91 Å². The van der Waals surface area contributed by atoms with E-state index >= 15 is 0 Å². The summed E-state index contributed by atoms with van der Waals surface area (Å²) in [6, 6.07) is 15.3. The molecule has 0 radical (unpaired) electrons. The smallest absolute Gasteiger partial charge is 0.410 e. The van der Waals surface area contributed by atoms with E-state index in [0.29, 0.717) is 11.4 Å². The van der Waals surface area contributed by atoms with Gasteiger partial charge in [0.2, 0.25) is 5.91 Å². The molecule has 5 nitrogen and oxygen atoms in total. The van der Waals surface area contributed by atoms with E-state index in [0.717, 1.165) is 3.57 Å². The van der Waals surface area contributed by atoms with Crippen molar-refractivity contribution < 1.29 is 14.3 Å². The lowest BCUT2D eigenvalue weighted by Gasteiger charge is -2.14. The van der Waals surface area contributed by atoms with Gasteiger partial charge >= 0.3 is 6.09 Å². The van der Waals surface area contributed by atoms with E-state index in [2.05, 4.69) is 33.2 Å². The van der Waals surface area contributed by atoms with Crippen LogP contribution in [-0.2, 0) is 4.79 Å². The molecule has 6 heteroatoms. The second kappa shape index (κ2) is 7.79. The highest BCUT2D eigenvalue weighted by Crippen LogP contribution is 2.11. The first kappa shape index (κ1) is 16.3. The maximum absolute atomic E-state index is 12.0. The number of para-hydroxylation sites is 1. The fraction of sp³-hybridized carbons (Fsp3) is 0.125. The minimum absolute atomic E-state index is 0.314. The van der Waals surface area contributed by atoms with Crippen molar-refractivity contribution in [3.63, 3.8) is 0 Å². The van der Waals surface area contributed by atoms with Crippen LogP contribution >= 0.6 is 22.6 Å². The average Bonchev–Trinajstić information content (AvgIpc) is 2.50. The Morgan fingerprint density at radius 2 is 1.68 bits per heavy atom. The summed E-state index contributed by atoms with van der Waals surface area (Å²) >= 11 is 2.18. The van der Waals surface area contributed by atoms with E-state index in [4.69, 9.17) is 4.74 Å². The third-order valence-electron chi connectivity index (χ3n) is 2.79. The first-order chi connectivity index (χ1) is 10.5. The van der Waals surface area contributed by atoms with E-state index in [1.54, 1.807) is 43.3 Å². The first-order valence-electron chi connectivity index (χ1n) is 6.64. The summed E-state index contributed by atoms with van der Waals surface area (Å²) in [4.78, 5) is 23.7. The summed E-state index contributed by atoms with van der Waals surface area (Å²) in [5.74, 6) is 0.108. The number of halogens is 1. The molecule has 2 N–H and O–H groups in total. The zero-order valence-corrected chi connectivity index (χ0v) is 14.0. The molecule has 0 bridgehead atoms. The van der Waals surface area contributed by atoms with Gasteiger partial charge in [-0.3, -0.25) is 4.79 Å². The average molecular weight is 410 g/mol. The molecular formula is C16H15IN2O3. The van der Waals surface area contributed by atoms with Gasteiger partial charge in [0.15, 0.2) is 0 Å². The lowest BCUT2D eigenvalue weighted by atomic mass is 10.3. The van der Waals surface area contributed by atoms with Gasteiger partial charge in [0, 0.05) is 9.26 Å². The number of hydrogen-bond donors (Lipinski definition) is 2. The van der Waals surface area contributed by atoms with E-state index in [1.165, 1.54) is 0 Å². The van der Waals surface area contributed by atoms with E-state index in [9.17, 15) is 9.59 Å². The lowest BCUT2D eigenvalue weighted by Crippen LogP contribution is -2.42. The summed E-state index contributed by atoms with van der Waals surface area (Å²) in [7, 11) is 0. The van der Waals surface area contributed by atoms with Crippen molar-refractivity contribution in [3.8, 4) is 5.75 Å². The highest BCUT2D eigenvalue weighted by atomic mass is 127. The second-order valence-electron chi connectivity index (χ2n) is 4.56. The molecule has 1 atom stereocenters. The third-order valence-corrected chi connectivity index (χ3v) is 3.51. The van der Waals surface area contributed by atoms with Crippen LogP contribution in [0.5, 0.6) is 5.75 Å². The highest BCUT2D eigenvalue weighted by Gasteiger charge is 2.16. The largest absolute Gasteiger partial charge is 0.413 e. The molecule has 2 rings (SSSR count). The third kappa shape index (κ3) is 5.03. The number of anilines is 1. The zero-order valence-electron chi connectivity index (χ0n) is 11.9. The quantitative estimate of drug-likeness (QED) is 0.760. The lowest BCUT2D eigenvalue weighted by molar-refractivity contribution is -0.117. The van der Waals surface area contributed by atoms with Gasteiger partial charge in [0.05, 0.1) is 0 Å². The van der Waals surface area contributed by atoms with Crippen molar-refractivity contribution in [2.45, 2.75) is 13.0 Å². The molecule has 0 spiro atoms. The fourth-order valence-corrected chi connectivity index (χ4v) is 2.01. The molecule has 0 heterocycles. The molecule has 2 aromatic rings. The molecule has 0 saturated carbocycles. The number of rotatable bonds is 4. The van der Waals surface area contributed by atoms with Crippen LogP contribution < -0.4 is 15.4 Å². The summed E-state index contributed by atoms with van der Waals surface area (Å²) in [5, 5.41) is 5.21. The maximum Gasteiger partial charge on any atom is 0.413 e. The van der Waals surface area contributed by atoms with Crippen LogP contribution in [0.25, 0.3) is 0 Å². The van der Waals surface area contributed by atoms with Crippen LogP contribution in [0.1, 0.15) is 6.92 Å². The fourth-order valence-electron chi connectivity index (χ4n) is 1.65. The summed E-state index contributed by atoms with van der Waals surface area (Å²) in [5.41, 5.74) is 0.676. The van der Waals surface area contributed by atoms with Gasteiger partial charge in [-0.15, -0.1) is 0 Å². The Kier molecular flexibility index (Phi) is 5.76. The Labute approximate surface area is 142 Å². The number of benzene rings is 2. The predicted molar refractivity (Wildman–Crippen MR) is 92.9 cm³/mol. The van der Waals surface area contributed by atoms with Crippen LogP contribution in [0.15, 0.2) is 54.6 Å². The van der Waals surface area contributed by atoms with Crippen LogP contribution in [0.4, 0.5) is 10.5 Å². The van der Waals surface area contributed by atoms with E-state index in [1.807, 2.05) is 18.2 Å². The van der Waals surface area contributed by atoms with Gasteiger partial charge in [0.25, 0.3) is 0 Å². The molecule has 0 unspecified atom stereocenters. The topological polar surface area (TPSA) is 67.4 Å². The Bertz CT molecular complexity index is 644. The van der Waals surface area contributed by atoms with Gasteiger partial charge in [-0.1, -0.05) is 18.2 Å². The highest BCUT2D eigenvalue weighted by molar-refractivity contribution is 14.1. The van der Waals surface area contributed by atoms with Gasteiger partial charge in [-0.05, 0) is 65.9 Å². The minimum Gasteiger partial charge on any atom is -0.410 e. The standard InChI is InChI=1S/C16H15IN2O3/c1-11(15(20)19-13-9-7-12(17)8-10-13)18-16(21)22-14-5-3-2-4-6-14/h2-11H,1H3,(H,18,21)(H,19,20)/t11-/m1/s1. The number of amides is 2. The Hall–Kier alpha value is -2.09. The van der Waals surface area contributed by atoms with E-state index < -0.39 is 12.1 Å². The molecule has 0 aliphatic carbocycles. The monoisotopic (exact) mass is 410 g/mol.